The molecule has 4 rings (SSSR count). The SMILES string of the molecule is C[C@H](OC(=O)c1ccc(CO)cc1)c1nc2scc(-c3cccs3)c2c(=O)[nH]1. The summed E-state index contributed by atoms with van der Waals surface area (Å²) in [4.78, 5) is 33.9. The zero-order valence-electron chi connectivity index (χ0n) is 14.8. The van der Waals surface area contributed by atoms with E-state index >= 15 is 0 Å². The van der Waals surface area contributed by atoms with Gasteiger partial charge < -0.3 is 14.8 Å². The van der Waals surface area contributed by atoms with E-state index in [1.165, 1.54) is 11.3 Å². The van der Waals surface area contributed by atoms with Crippen LogP contribution in [0.4, 0.5) is 0 Å². The summed E-state index contributed by atoms with van der Waals surface area (Å²) in [5.41, 5.74) is 1.69. The number of carbonyl (C=O) groups excluding carboxylic acids is 1. The number of benzene rings is 1. The Morgan fingerprint density at radius 1 is 1.25 bits per heavy atom. The zero-order chi connectivity index (χ0) is 19.7. The van der Waals surface area contributed by atoms with Crippen LogP contribution in [0.2, 0.25) is 0 Å². The highest BCUT2D eigenvalue weighted by Gasteiger charge is 2.19. The molecule has 28 heavy (non-hydrogen) atoms. The number of hydrogen-bond donors (Lipinski definition) is 2. The van der Waals surface area contributed by atoms with Gasteiger partial charge in [0.05, 0.1) is 17.6 Å². The molecule has 1 aromatic carbocycles. The Hall–Kier alpha value is -2.81. The smallest absolute Gasteiger partial charge is 0.338 e. The third kappa shape index (κ3) is 3.49. The Labute approximate surface area is 168 Å². The molecule has 0 saturated heterocycles. The first kappa shape index (κ1) is 18.5. The number of nitrogens with zero attached hydrogens (tertiary/aromatic N) is 1. The number of nitrogens with one attached hydrogen (secondary N) is 1. The minimum atomic E-state index is -0.714. The Morgan fingerprint density at radius 3 is 2.71 bits per heavy atom. The molecule has 6 nitrogen and oxygen atoms in total. The highest BCUT2D eigenvalue weighted by molar-refractivity contribution is 7.18. The van der Waals surface area contributed by atoms with Crippen molar-refractivity contribution in [1.29, 1.82) is 0 Å². The van der Waals surface area contributed by atoms with Gasteiger partial charge in [-0.2, -0.15) is 0 Å². The second-order valence-corrected chi connectivity index (χ2v) is 7.97. The molecular weight excluding hydrogens is 396 g/mol. The van der Waals surface area contributed by atoms with Crippen LogP contribution in [-0.2, 0) is 11.3 Å². The van der Waals surface area contributed by atoms with Crippen LogP contribution in [0.5, 0.6) is 0 Å². The fourth-order valence-electron chi connectivity index (χ4n) is 2.80. The molecule has 0 spiro atoms. The summed E-state index contributed by atoms with van der Waals surface area (Å²) < 4.78 is 5.45. The highest BCUT2D eigenvalue weighted by Crippen LogP contribution is 2.33. The summed E-state index contributed by atoms with van der Waals surface area (Å²) in [5.74, 6) is -0.220. The lowest BCUT2D eigenvalue weighted by atomic mass is 10.1. The van der Waals surface area contributed by atoms with E-state index in [9.17, 15) is 9.59 Å². The van der Waals surface area contributed by atoms with Gasteiger partial charge in [0.25, 0.3) is 5.56 Å². The average Bonchev–Trinajstić information content (AvgIpc) is 3.37. The third-order valence-corrected chi connectivity index (χ3v) is 6.07. The Bertz CT molecular complexity index is 1180. The topological polar surface area (TPSA) is 92.3 Å². The maximum Gasteiger partial charge on any atom is 0.338 e. The minimum Gasteiger partial charge on any atom is -0.451 e. The van der Waals surface area contributed by atoms with Gasteiger partial charge in [0.2, 0.25) is 0 Å². The first-order valence-corrected chi connectivity index (χ1v) is 10.3. The summed E-state index contributed by atoms with van der Waals surface area (Å²) in [6.07, 6.45) is -0.714. The first-order valence-electron chi connectivity index (χ1n) is 8.53. The standard InChI is InChI=1S/C20H16N2O4S2/c1-11(26-20(25)13-6-4-12(9-23)5-7-13)17-21-18(24)16-14(10-28-19(16)22-17)15-3-2-8-27-15/h2-8,10-11,23H,9H2,1H3,(H,21,22,24)/t11-/m0/s1. The van der Waals surface area contributed by atoms with E-state index in [0.717, 1.165) is 10.4 Å². The lowest BCUT2D eigenvalue weighted by molar-refractivity contribution is 0.0320. The van der Waals surface area contributed by atoms with E-state index in [-0.39, 0.29) is 12.2 Å². The van der Waals surface area contributed by atoms with E-state index in [2.05, 4.69) is 9.97 Å². The van der Waals surface area contributed by atoms with Gasteiger partial charge in [0, 0.05) is 15.8 Å². The number of aromatic nitrogens is 2. The van der Waals surface area contributed by atoms with Crippen LogP contribution in [-0.4, -0.2) is 21.0 Å². The molecule has 8 heteroatoms. The number of esters is 1. The van der Waals surface area contributed by atoms with Crippen molar-refractivity contribution < 1.29 is 14.6 Å². The number of aromatic amines is 1. The summed E-state index contributed by atoms with van der Waals surface area (Å²) in [6, 6.07) is 10.4. The van der Waals surface area contributed by atoms with Gasteiger partial charge in [0.15, 0.2) is 11.9 Å². The van der Waals surface area contributed by atoms with Crippen molar-refractivity contribution in [3.05, 3.63) is 74.5 Å². The molecule has 0 amide bonds. The molecule has 0 fully saturated rings. The van der Waals surface area contributed by atoms with Crippen LogP contribution >= 0.6 is 22.7 Å². The molecule has 0 aliphatic rings. The van der Waals surface area contributed by atoms with Crippen molar-refractivity contribution in [2.75, 3.05) is 0 Å². The Morgan fingerprint density at radius 2 is 2.04 bits per heavy atom. The second-order valence-electron chi connectivity index (χ2n) is 6.16. The molecule has 1 atom stereocenters. The first-order chi connectivity index (χ1) is 13.6. The van der Waals surface area contributed by atoms with Crippen LogP contribution < -0.4 is 5.56 Å². The van der Waals surface area contributed by atoms with Crippen molar-refractivity contribution in [2.45, 2.75) is 19.6 Å². The lowest BCUT2D eigenvalue weighted by Crippen LogP contribution is -2.17. The summed E-state index contributed by atoms with van der Waals surface area (Å²) in [6.45, 7) is 1.57. The molecular formula is C20H16N2O4S2. The molecule has 0 aliphatic heterocycles. The molecule has 0 saturated carbocycles. The van der Waals surface area contributed by atoms with Crippen molar-refractivity contribution in [2.24, 2.45) is 0 Å². The van der Waals surface area contributed by atoms with Gasteiger partial charge in [-0.05, 0) is 36.1 Å². The van der Waals surface area contributed by atoms with E-state index in [0.29, 0.717) is 27.2 Å². The maximum atomic E-state index is 12.7. The maximum absolute atomic E-state index is 12.7. The lowest BCUT2D eigenvalue weighted by Gasteiger charge is -2.13. The number of ether oxygens (including phenoxy) is 1. The number of rotatable bonds is 5. The van der Waals surface area contributed by atoms with E-state index in [4.69, 9.17) is 9.84 Å². The normalized spacial score (nSPS) is 12.2. The van der Waals surface area contributed by atoms with Gasteiger partial charge in [-0.1, -0.05) is 18.2 Å². The summed E-state index contributed by atoms with van der Waals surface area (Å²) in [5, 5.41) is 13.5. The van der Waals surface area contributed by atoms with Gasteiger partial charge in [-0.3, -0.25) is 4.79 Å². The van der Waals surface area contributed by atoms with Gasteiger partial charge in [-0.15, -0.1) is 22.7 Å². The number of hydrogen-bond acceptors (Lipinski definition) is 7. The number of thiophene rings is 2. The van der Waals surface area contributed by atoms with Crippen LogP contribution in [0.25, 0.3) is 20.7 Å². The van der Waals surface area contributed by atoms with Crippen molar-refractivity contribution in [3.8, 4) is 10.4 Å². The molecule has 142 valence electrons. The highest BCUT2D eigenvalue weighted by atomic mass is 32.1. The largest absolute Gasteiger partial charge is 0.451 e. The van der Waals surface area contributed by atoms with Crippen molar-refractivity contribution in [3.63, 3.8) is 0 Å². The van der Waals surface area contributed by atoms with Gasteiger partial charge >= 0.3 is 5.97 Å². The number of carbonyl (C=O) groups is 1. The van der Waals surface area contributed by atoms with Crippen LogP contribution in [0.3, 0.4) is 0 Å². The monoisotopic (exact) mass is 412 g/mol. The van der Waals surface area contributed by atoms with Crippen LogP contribution in [0.15, 0.2) is 52.0 Å². The van der Waals surface area contributed by atoms with E-state index in [1.807, 2.05) is 22.9 Å². The molecule has 2 N–H and O–H groups in total. The van der Waals surface area contributed by atoms with Gasteiger partial charge in [0.1, 0.15) is 4.83 Å². The van der Waals surface area contributed by atoms with Gasteiger partial charge in [-0.25, -0.2) is 9.78 Å². The molecule has 3 heterocycles. The van der Waals surface area contributed by atoms with Crippen molar-refractivity contribution in [1.82, 2.24) is 9.97 Å². The fraction of sp³-hybridized carbons (Fsp3) is 0.150. The predicted molar refractivity (Wildman–Crippen MR) is 110 cm³/mol. The molecule has 4 aromatic rings. The quantitative estimate of drug-likeness (QED) is 0.481. The summed E-state index contributed by atoms with van der Waals surface area (Å²) in [7, 11) is 0. The predicted octanol–water partition coefficient (Wildman–Crippen LogP) is 4.12. The second kappa shape index (κ2) is 7.67. The Kier molecular flexibility index (Phi) is 5.08. The fourth-order valence-corrected chi connectivity index (χ4v) is 4.57. The number of aliphatic hydroxyl groups excluding tert-OH is 1. The molecule has 0 aliphatic carbocycles. The number of fused-ring (bicyclic) bond motifs is 1. The van der Waals surface area contributed by atoms with Crippen LogP contribution in [0, 0.1) is 0 Å². The zero-order valence-corrected chi connectivity index (χ0v) is 16.5. The molecule has 0 bridgehead atoms. The molecule has 3 aromatic heterocycles. The number of aliphatic hydroxyl groups is 1. The number of H-pyrrole nitrogens is 1. The minimum absolute atomic E-state index is 0.0921. The third-order valence-electron chi connectivity index (χ3n) is 4.29. The van der Waals surface area contributed by atoms with E-state index in [1.54, 1.807) is 42.5 Å². The van der Waals surface area contributed by atoms with Crippen LogP contribution in [0.1, 0.15) is 34.8 Å². The average molecular weight is 412 g/mol. The Balaban J connectivity index is 1.60. The molecule has 0 unspecified atom stereocenters. The molecule has 0 radical (unpaired) electrons. The van der Waals surface area contributed by atoms with Crippen molar-refractivity contribution >= 4 is 38.9 Å². The van der Waals surface area contributed by atoms with E-state index < -0.39 is 12.1 Å². The summed E-state index contributed by atoms with van der Waals surface area (Å²) >= 11 is 2.95.